The summed E-state index contributed by atoms with van der Waals surface area (Å²) < 4.78 is 21.9. The van der Waals surface area contributed by atoms with Gasteiger partial charge in [-0.3, -0.25) is 10.1 Å². The molecule has 0 atom stereocenters. The number of aromatic nitrogens is 1. The Morgan fingerprint density at radius 2 is 1.44 bits per heavy atom. The molecule has 5 aromatic rings. The smallest absolute Gasteiger partial charge is 0.257 e. The Morgan fingerprint density at radius 1 is 0.795 bits per heavy atom. The van der Waals surface area contributed by atoms with E-state index < -0.39 is 5.91 Å². The zero-order valence-electron chi connectivity index (χ0n) is 21.5. The molecule has 0 aliphatic heterocycles. The number of hydrogen-bond donors (Lipinski definition) is 2. The molecule has 39 heavy (non-hydrogen) atoms. The predicted molar refractivity (Wildman–Crippen MR) is 155 cm³/mol. The van der Waals surface area contributed by atoms with Crippen LogP contribution >= 0.6 is 12.2 Å². The molecule has 0 fully saturated rings. The Morgan fingerprint density at radius 3 is 2.08 bits per heavy atom. The summed E-state index contributed by atoms with van der Waals surface area (Å²) in [6.45, 7) is 0. The van der Waals surface area contributed by atoms with Gasteiger partial charge >= 0.3 is 0 Å². The summed E-state index contributed by atoms with van der Waals surface area (Å²) in [5, 5.41) is 5.81. The molecule has 4 aromatic carbocycles. The molecule has 0 saturated carbocycles. The van der Waals surface area contributed by atoms with Gasteiger partial charge in [0, 0.05) is 16.8 Å². The fourth-order valence-corrected chi connectivity index (χ4v) is 4.32. The van der Waals surface area contributed by atoms with Crippen molar-refractivity contribution in [2.75, 3.05) is 26.6 Å². The van der Waals surface area contributed by atoms with Crippen LogP contribution in [-0.4, -0.2) is 37.3 Å². The number of nitrogens with one attached hydrogen (secondary N) is 2. The van der Waals surface area contributed by atoms with Gasteiger partial charge in [-0.25, -0.2) is 4.98 Å². The zero-order valence-corrected chi connectivity index (χ0v) is 22.3. The molecule has 2 N–H and O–H groups in total. The first-order valence-electron chi connectivity index (χ1n) is 12.0. The average Bonchev–Trinajstić information content (AvgIpc) is 3.40. The van der Waals surface area contributed by atoms with Crippen molar-refractivity contribution in [2.45, 2.75) is 0 Å². The first-order chi connectivity index (χ1) is 19.0. The quantitative estimate of drug-likeness (QED) is 0.232. The van der Waals surface area contributed by atoms with Gasteiger partial charge in [-0.15, -0.1) is 0 Å². The van der Waals surface area contributed by atoms with Gasteiger partial charge < -0.3 is 23.9 Å². The molecule has 196 valence electrons. The Hall–Kier alpha value is -4.89. The van der Waals surface area contributed by atoms with Crippen LogP contribution in [0.4, 0.5) is 5.69 Å². The van der Waals surface area contributed by atoms with Crippen molar-refractivity contribution < 1.29 is 23.4 Å². The van der Waals surface area contributed by atoms with E-state index in [4.69, 9.17) is 30.8 Å². The molecule has 0 bridgehead atoms. The van der Waals surface area contributed by atoms with Gasteiger partial charge in [0.2, 0.25) is 11.6 Å². The van der Waals surface area contributed by atoms with Crippen LogP contribution in [0.25, 0.3) is 33.7 Å². The van der Waals surface area contributed by atoms with E-state index in [-0.39, 0.29) is 5.11 Å². The second-order valence-corrected chi connectivity index (χ2v) is 8.88. The minimum Gasteiger partial charge on any atom is -0.493 e. The molecular formula is C30H25N3O5S. The fourth-order valence-electron chi connectivity index (χ4n) is 4.11. The number of thiocarbonyl (C=S) groups is 1. The lowest BCUT2D eigenvalue weighted by atomic mass is 10.0. The Labute approximate surface area is 230 Å². The van der Waals surface area contributed by atoms with Gasteiger partial charge in [0.1, 0.15) is 5.52 Å². The molecule has 0 aliphatic carbocycles. The predicted octanol–water partition coefficient (Wildman–Crippen LogP) is 6.31. The van der Waals surface area contributed by atoms with E-state index in [0.717, 1.165) is 16.7 Å². The Bertz CT molecular complexity index is 1620. The molecule has 1 heterocycles. The van der Waals surface area contributed by atoms with Gasteiger partial charge in [-0.2, -0.15) is 0 Å². The summed E-state index contributed by atoms with van der Waals surface area (Å²) in [4.78, 5) is 17.5. The summed E-state index contributed by atoms with van der Waals surface area (Å²) in [6, 6.07) is 26.7. The Balaban J connectivity index is 1.29. The average molecular weight is 540 g/mol. The molecule has 9 heteroatoms. The van der Waals surface area contributed by atoms with E-state index in [9.17, 15) is 4.79 Å². The molecule has 0 unspecified atom stereocenters. The van der Waals surface area contributed by atoms with Crippen LogP contribution in [-0.2, 0) is 0 Å². The minimum atomic E-state index is -0.435. The number of nitrogens with zero attached hydrogens (tertiary/aromatic N) is 1. The van der Waals surface area contributed by atoms with Crippen molar-refractivity contribution in [3.05, 3.63) is 90.5 Å². The van der Waals surface area contributed by atoms with Crippen LogP contribution in [0.5, 0.6) is 17.2 Å². The number of carbonyl (C=O) groups is 1. The van der Waals surface area contributed by atoms with Gasteiger partial charge in [-0.1, -0.05) is 42.5 Å². The largest absolute Gasteiger partial charge is 0.493 e. The highest BCUT2D eigenvalue weighted by Crippen LogP contribution is 2.38. The molecule has 0 saturated heterocycles. The molecule has 0 aliphatic rings. The minimum absolute atomic E-state index is 0.119. The second kappa shape index (κ2) is 11.2. The number of rotatable bonds is 7. The third kappa shape index (κ3) is 5.53. The molecule has 5 rings (SSSR count). The number of fused-ring (bicyclic) bond motifs is 1. The first kappa shape index (κ1) is 25.7. The number of hydrogen-bond acceptors (Lipinski definition) is 7. The highest BCUT2D eigenvalue weighted by atomic mass is 32.1. The van der Waals surface area contributed by atoms with Gasteiger partial charge in [-0.05, 0) is 65.8 Å². The third-order valence-electron chi connectivity index (χ3n) is 6.04. The van der Waals surface area contributed by atoms with E-state index in [1.807, 2.05) is 42.5 Å². The number of carbonyl (C=O) groups excluding carboxylic acids is 1. The van der Waals surface area contributed by atoms with E-state index in [1.54, 1.807) is 30.3 Å². The number of benzene rings is 4. The van der Waals surface area contributed by atoms with Crippen molar-refractivity contribution in [3.63, 3.8) is 0 Å². The van der Waals surface area contributed by atoms with Crippen molar-refractivity contribution in [1.29, 1.82) is 0 Å². The lowest BCUT2D eigenvalue weighted by Gasteiger charge is -2.14. The summed E-state index contributed by atoms with van der Waals surface area (Å²) >= 11 is 5.37. The Kier molecular flexibility index (Phi) is 7.42. The molecule has 8 nitrogen and oxygen atoms in total. The molecule has 0 spiro atoms. The van der Waals surface area contributed by atoms with Crippen LogP contribution in [0.3, 0.4) is 0 Å². The van der Waals surface area contributed by atoms with E-state index >= 15 is 0 Å². The monoisotopic (exact) mass is 539 g/mol. The summed E-state index contributed by atoms with van der Waals surface area (Å²) in [5.74, 6) is 1.20. The summed E-state index contributed by atoms with van der Waals surface area (Å²) in [5.41, 5.74) is 5.36. The van der Waals surface area contributed by atoms with Crippen LogP contribution < -0.4 is 24.8 Å². The number of anilines is 1. The fraction of sp³-hybridized carbons (Fsp3) is 0.100. The summed E-state index contributed by atoms with van der Waals surface area (Å²) in [6.07, 6.45) is 0. The summed E-state index contributed by atoms with van der Waals surface area (Å²) in [7, 11) is 4.46. The molecule has 1 amide bonds. The highest BCUT2D eigenvalue weighted by Gasteiger charge is 2.18. The normalized spacial score (nSPS) is 10.6. The molecular weight excluding hydrogens is 514 g/mol. The van der Waals surface area contributed by atoms with Gasteiger partial charge in [0.25, 0.3) is 5.91 Å². The van der Waals surface area contributed by atoms with E-state index in [1.165, 1.54) is 21.3 Å². The second-order valence-electron chi connectivity index (χ2n) is 8.47. The molecule has 0 radical (unpaired) electrons. The number of amides is 1. The van der Waals surface area contributed by atoms with Crippen LogP contribution in [0, 0.1) is 0 Å². The lowest BCUT2D eigenvalue weighted by Crippen LogP contribution is -2.34. The van der Waals surface area contributed by atoms with Crippen LogP contribution in [0.15, 0.2) is 89.3 Å². The number of oxazole rings is 1. The third-order valence-corrected chi connectivity index (χ3v) is 6.24. The number of methoxy groups -OCH3 is 3. The standard InChI is InChI=1S/C30H25N3O5S/c1-35-25-15-21(16-26(36-2)27(25)37-3)28(34)33-30(39)31-22-13-14-24-23(17-22)32-29(38-24)20-11-9-19(10-12-20)18-7-5-4-6-8-18/h4-17H,1-3H3,(H2,31,33,34,39). The van der Waals surface area contributed by atoms with Gasteiger partial charge in [0.15, 0.2) is 22.2 Å². The van der Waals surface area contributed by atoms with Crippen molar-refractivity contribution in [1.82, 2.24) is 10.3 Å². The van der Waals surface area contributed by atoms with E-state index in [2.05, 4.69) is 27.8 Å². The van der Waals surface area contributed by atoms with Crippen LogP contribution in [0.1, 0.15) is 10.4 Å². The maximum Gasteiger partial charge on any atom is 0.257 e. The maximum absolute atomic E-state index is 12.9. The van der Waals surface area contributed by atoms with Crippen LogP contribution in [0.2, 0.25) is 0 Å². The van der Waals surface area contributed by atoms with Crippen molar-refractivity contribution in [2.24, 2.45) is 0 Å². The van der Waals surface area contributed by atoms with Crippen molar-refractivity contribution in [3.8, 4) is 39.8 Å². The van der Waals surface area contributed by atoms with E-state index in [0.29, 0.717) is 45.5 Å². The first-order valence-corrected chi connectivity index (χ1v) is 12.4. The SMILES string of the molecule is COc1cc(C(=O)NC(=S)Nc2ccc3oc(-c4ccc(-c5ccccc5)cc4)nc3c2)cc(OC)c1OC. The lowest BCUT2D eigenvalue weighted by molar-refractivity contribution is 0.0977. The zero-order chi connectivity index (χ0) is 27.4. The molecule has 1 aromatic heterocycles. The highest BCUT2D eigenvalue weighted by molar-refractivity contribution is 7.80. The van der Waals surface area contributed by atoms with Crippen molar-refractivity contribution >= 4 is 40.0 Å². The van der Waals surface area contributed by atoms with Gasteiger partial charge in [0.05, 0.1) is 21.3 Å². The number of ether oxygens (including phenoxy) is 3. The topological polar surface area (TPSA) is 94.9 Å². The maximum atomic E-state index is 12.9.